The molecule has 1 aromatic heterocycles. The van der Waals surface area contributed by atoms with Crippen molar-refractivity contribution < 1.29 is 17.9 Å². The third-order valence-corrected chi connectivity index (χ3v) is 7.72. The van der Waals surface area contributed by atoms with E-state index in [0.717, 1.165) is 29.7 Å². The van der Waals surface area contributed by atoms with Crippen molar-refractivity contribution in [1.82, 2.24) is 9.21 Å². The van der Waals surface area contributed by atoms with E-state index in [1.807, 2.05) is 26.0 Å². The van der Waals surface area contributed by atoms with Crippen LogP contribution in [0.4, 0.5) is 0 Å². The SMILES string of the molecule is Cc1cc(C)cc(OCCN(C)C(=O)c2sccc2S(=O)(=O)N2CCCC2)c1. The zero-order valence-corrected chi connectivity index (χ0v) is 18.1. The molecule has 1 aromatic carbocycles. The molecule has 0 atom stereocenters. The molecule has 0 N–H and O–H groups in total. The number of amides is 1. The van der Waals surface area contributed by atoms with Gasteiger partial charge in [-0.1, -0.05) is 6.07 Å². The zero-order valence-electron chi connectivity index (χ0n) is 16.5. The maximum absolute atomic E-state index is 12.8. The summed E-state index contributed by atoms with van der Waals surface area (Å²) in [4.78, 5) is 14.7. The highest BCUT2D eigenvalue weighted by molar-refractivity contribution is 7.89. The molecule has 152 valence electrons. The van der Waals surface area contributed by atoms with Gasteiger partial charge in [-0.15, -0.1) is 11.3 Å². The van der Waals surface area contributed by atoms with Gasteiger partial charge >= 0.3 is 0 Å². The smallest absolute Gasteiger partial charge is 0.265 e. The van der Waals surface area contributed by atoms with Gasteiger partial charge in [0.05, 0.1) is 6.54 Å². The summed E-state index contributed by atoms with van der Waals surface area (Å²) < 4.78 is 32.9. The highest BCUT2D eigenvalue weighted by atomic mass is 32.2. The number of hydrogen-bond acceptors (Lipinski definition) is 5. The van der Waals surface area contributed by atoms with Gasteiger partial charge in [-0.25, -0.2) is 8.42 Å². The molecule has 0 spiro atoms. The Morgan fingerprint density at radius 2 is 1.82 bits per heavy atom. The fourth-order valence-corrected chi connectivity index (χ4v) is 6.22. The third kappa shape index (κ3) is 4.56. The number of hydrogen-bond donors (Lipinski definition) is 0. The van der Waals surface area contributed by atoms with Crippen LogP contribution in [0.1, 0.15) is 33.6 Å². The second-order valence-electron chi connectivity index (χ2n) is 7.12. The monoisotopic (exact) mass is 422 g/mol. The molecule has 0 aliphatic carbocycles. The average Bonchev–Trinajstić information content (AvgIpc) is 3.32. The Morgan fingerprint density at radius 3 is 2.46 bits per heavy atom. The highest BCUT2D eigenvalue weighted by Gasteiger charge is 2.32. The Morgan fingerprint density at radius 1 is 1.18 bits per heavy atom. The lowest BCUT2D eigenvalue weighted by molar-refractivity contribution is 0.0775. The van der Waals surface area contributed by atoms with E-state index < -0.39 is 10.0 Å². The van der Waals surface area contributed by atoms with Crippen molar-refractivity contribution in [2.24, 2.45) is 0 Å². The predicted octanol–water partition coefficient (Wildman–Crippen LogP) is 3.30. The van der Waals surface area contributed by atoms with Crippen molar-refractivity contribution in [3.8, 4) is 5.75 Å². The van der Waals surface area contributed by atoms with Crippen LogP contribution >= 0.6 is 11.3 Å². The van der Waals surface area contributed by atoms with Crippen LogP contribution in [0.5, 0.6) is 5.75 Å². The molecule has 1 aliphatic rings. The van der Waals surface area contributed by atoms with Gasteiger partial charge in [0.15, 0.2) is 0 Å². The minimum Gasteiger partial charge on any atom is -0.492 e. The molecule has 3 rings (SSSR count). The predicted molar refractivity (Wildman–Crippen MR) is 111 cm³/mol. The van der Waals surface area contributed by atoms with Crippen LogP contribution in [0, 0.1) is 13.8 Å². The summed E-state index contributed by atoms with van der Waals surface area (Å²) in [5.41, 5.74) is 2.24. The molecule has 1 fully saturated rings. The van der Waals surface area contributed by atoms with Gasteiger partial charge in [0.25, 0.3) is 5.91 Å². The van der Waals surface area contributed by atoms with Crippen molar-refractivity contribution >= 4 is 27.3 Å². The summed E-state index contributed by atoms with van der Waals surface area (Å²) in [5.74, 6) is 0.476. The van der Waals surface area contributed by atoms with E-state index in [1.165, 1.54) is 26.6 Å². The van der Waals surface area contributed by atoms with E-state index in [0.29, 0.717) is 26.2 Å². The summed E-state index contributed by atoms with van der Waals surface area (Å²) in [7, 11) is -1.95. The molecule has 1 saturated heterocycles. The van der Waals surface area contributed by atoms with Crippen LogP contribution in [0.3, 0.4) is 0 Å². The first-order valence-electron chi connectivity index (χ1n) is 9.33. The number of carbonyl (C=O) groups is 1. The normalized spacial score (nSPS) is 15.0. The molecule has 0 bridgehead atoms. The van der Waals surface area contributed by atoms with E-state index >= 15 is 0 Å². The first-order chi connectivity index (χ1) is 13.3. The zero-order chi connectivity index (χ0) is 20.3. The quantitative estimate of drug-likeness (QED) is 0.687. The van der Waals surface area contributed by atoms with E-state index in [2.05, 4.69) is 6.07 Å². The van der Waals surface area contributed by atoms with Crippen LogP contribution in [-0.4, -0.2) is 56.8 Å². The number of benzene rings is 1. The number of sulfonamides is 1. The number of aryl methyl sites for hydroxylation is 2. The molecule has 1 amide bonds. The molecule has 6 nitrogen and oxygen atoms in total. The Labute approximate surface area is 170 Å². The Hall–Kier alpha value is -1.90. The summed E-state index contributed by atoms with van der Waals surface area (Å²) in [5, 5.41) is 1.66. The van der Waals surface area contributed by atoms with Crippen molar-refractivity contribution in [1.29, 1.82) is 0 Å². The first kappa shape index (κ1) is 20.8. The second kappa shape index (κ2) is 8.63. The summed E-state index contributed by atoms with van der Waals surface area (Å²) in [6.07, 6.45) is 1.73. The average molecular weight is 423 g/mol. The van der Waals surface area contributed by atoms with Crippen molar-refractivity contribution in [2.75, 3.05) is 33.3 Å². The maximum atomic E-state index is 12.8. The lowest BCUT2D eigenvalue weighted by Gasteiger charge is -2.19. The summed E-state index contributed by atoms with van der Waals surface area (Å²) >= 11 is 1.17. The fourth-order valence-electron chi connectivity index (χ4n) is 3.32. The summed E-state index contributed by atoms with van der Waals surface area (Å²) in [6.45, 7) is 5.76. The number of rotatable bonds is 7. The number of ether oxygens (including phenoxy) is 1. The minimum atomic E-state index is -3.61. The summed E-state index contributed by atoms with van der Waals surface area (Å²) in [6, 6.07) is 7.51. The van der Waals surface area contributed by atoms with Crippen LogP contribution in [0.25, 0.3) is 0 Å². The van der Waals surface area contributed by atoms with E-state index in [4.69, 9.17) is 4.74 Å². The van der Waals surface area contributed by atoms with Crippen LogP contribution in [-0.2, 0) is 10.0 Å². The van der Waals surface area contributed by atoms with Crippen molar-refractivity contribution in [2.45, 2.75) is 31.6 Å². The van der Waals surface area contributed by atoms with Gasteiger partial charge < -0.3 is 9.64 Å². The van der Waals surface area contributed by atoms with Crippen LogP contribution < -0.4 is 4.74 Å². The minimum absolute atomic E-state index is 0.117. The molecule has 1 aliphatic heterocycles. The van der Waals surface area contributed by atoms with Crippen LogP contribution in [0.15, 0.2) is 34.5 Å². The number of nitrogens with zero attached hydrogens (tertiary/aromatic N) is 2. The Kier molecular flexibility index (Phi) is 6.42. The van der Waals surface area contributed by atoms with E-state index in [9.17, 15) is 13.2 Å². The lowest BCUT2D eigenvalue weighted by atomic mass is 10.1. The molecular weight excluding hydrogens is 396 g/mol. The van der Waals surface area contributed by atoms with Gasteiger partial charge in [-0.05, 0) is 61.4 Å². The largest absolute Gasteiger partial charge is 0.492 e. The van der Waals surface area contributed by atoms with Gasteiger partial charge in [-0.2, -0.15) is 4.31 Å². The Balaban J connectivity index is 1.65. The van der Waals surface area contributed by atoms with E-state index in [1.54, 1.807) is 12.4 Å². The number of likely N-dealkylation sites (N-methyl/N-ethyl adjacent to an activating group) is 1. The van der Waals surface area contributed by atoms with Gasteiger partial charge in [-0.3, -0.25) is 4.79 Å². The molecule has 0 unspecified atom stereocenters. The van der Waals surface area contributed by atoms with Crippen molar-refractivity contribution in [3.05, 3.63) is 45.6 Å². The van der Waals surface area contributed by atoms with Crippen LogP contribution in [0.2, 0.25) is 0 Å². The fraction of sp³-hybridized carbons (Fsp3) is 0.450. The standard InChI is InChI=1S/C20H26N2O4S2/c1-15-12-16(2)14-17(13-15)26-10-9-21(3)20(23)19-18(6-11-27-19)28(24,25)22-7-4-5-8-22/h6,11-14H,4-5,7-10H2,1-3H3. The van der Waals surface area contributed by atoms with Gasteiger partial charge in [0.2, 0.25) is 10.0 Å². The van der Waals surface area contributed by atoms with Gasteiger partial charge in [0, 0.05) is 20.1 Å². The molecule has 2 aromatic rings. The lowest BCUT2D eigenvalue weighted by Crippen LogP contribution is -2.33. The molecular formula is C20H26N2O4S2. The Bertz CT molecular complexity index is 927. The van der Waals surface area contributed by atoms with Gasteiger partial charge in [0.1, 0.15) is 22.1 Å². The topological polar surface area (TPSA) is 66.9 Å². The maximum Gasteiger partial charge on any atom is 0.265 e. The first-order valence-corrected chi connectivity index (χ1v) is 11.7. The number of thiophene rings is 1. The molecule has 2 heterocycles. The molecule has 8 heteroatoms. The van der Waals surface area contributed by atoms with Crippen molar-refractivity contribution in [3.63, 3.8) is 0 Å². The third-order valence-electron chi connectivity index (χ3n) is 4.74. The highest BCUT2D eigenvalue weighted by Crippen LogP contribution is 2.28. The number of carbonyl (C=O) groups excluding carboxylic acids is 1. The molecule has 0 radical (unpaired) electrons. The second-order valence-corrected chi connectivity index (χ2v) is 9.95. The van der Waals surface area contributed by atoms with E-state index in [-0.39, 0.29) is 15.7 Å². The molecule has 0 saturated carbocycles. The molecule has 28 heavy (non-hydrogen) atoms.